The molecule has 0 aliphatic carbocycles. The second kappa shape index (κ2) is 13.0. The highest BCUT2D eigenvalue weighted by Crippen LogP contribution is 2.12. The van der Waals surface area contributed by atoms with Crippen molar-refractivity contribution < 1.29 is 0 Å². The van der Waals surface area contributed by atoms with Crippen molar-refractivity contribution in [3.63, 3.8) is 0 Å². The van der Waals surface area contributed by atoms with Gasteiger partial charge in [-0.05, 0) is 30.2 Å². The van der Waals surface area contributed by atoms with Gasteiger partial charge in [0.05, 0.1) is 0 Å². The van der Waals surface area contributed by atoms with Crippen molar-refractivity contribution in [2.75, 3.05) is 59.9 Å². The van der Waals surface area contributed by atoms with Crippen LogP contribution in [0.3, 0.4) is 0 Å². The normalized spacial score (nSPS) is 17.3. The van der Waals surface area contributed by atoms with Crippen molar-refractivity contribution in [2.24, 2.45) is 10.9 Å². The Morgan fingerprint density at radius 3 is 2.33 bits per heavy atom. The first-order valence-corrected chi connectivity index (χ1v) is 10.4. The van der Waals surface area contributed by atoms with E-state index in [1.165, 1.54) is 38.3 Å². The summed E-state index contributed by atoms with van der Waals surface area (Å²) in [6.07, 6.45) is 0. The van der Waals surface area contributed by atoms with Crippen LogP contribution in [0.25, 0.3) is 0 Å². The molecule has 1 aromatic carbocycles. The maximum Gasteiger partial charge on any atom is 0.193 e. The Kier molecular flexibility index (Phi) is 11.8. The molecule has 0 radical (unpaired) electrons. The molecule has 1 aliphatic heterocycles. The van der Waals surface area contributed by atoms with Crippen LogP contribution in [0.1, 0.15) is 19.4 Å². The van der Waals surface area contributed by atoms with Gasteiger partial charge in [0.15, 0.2) is 5.96 Å². The van der Waals surface area contributed by atoms with Gasteiger partial charge in [-0.25, -0.2) is 0 Å². The summed E-state index contributed by atoms with van der Waals surface area (Å²) in [5.41, 5.74) is 1.28. The molecule has 0 amide bonds. The topological polar surface area (TPSA) is 34.1 Å². The van der Waals surface area contributed by atoms with Gasteiger partial charge in [-0.3, -0.25) is 4.99 Å². The van der Waals surface area contributed by atoms with E-state index in [0.29, 0.717) is 5.92 Å². The first-order valence-electron chi connectivity index (χ1n) is 9.62. The first-order chi connectivity index (χ1) is 12.5. The molecule has 2 rings (SSSR count). The number of halogens is 2. The van der Waals surface area contributed by atoms with Crippen LogP contribution < -0.4 is 5.32 Å². The van der Waals surface area contributed by atoms with E-state index in [1.807, 2.05) is 7.05 Å². The number of rotatable bonds is 7. The van der Waals surface area contributed by atoms with E-state index < -0.39 is 0 Å². The third-order valence-electron chi connectivity index (χ3n) is 5.00. The maximum absolute atomic E-state index is 4.44. The van der Waals surface area contributed by atoms with Crippen molar-refractivity contribution in [1.29, 1.82) is 0 Å². The van der Waals surface area contributed by atoms with Gasteiger partial charge >= 0.3 is 0 Å². The van der Waals surface area contributed by atoms with Gasteiger partial charge in [-0.2, -0.15) is 0 Å². The highest BCUT2D eigenvalue weighted by molar-refractivity contribution is 14.0. The van der Waals surface area contributed by atoms with Crippen LogP contribution in [0.15, 0.2) is 33.7 Å². The van der Waals surface area contributed by atoms with Gasteiger partial charge in [-0.1, -0.05) is 41.9 Å². The van der Waals surface area contributed by atoms with E-state index in [1.54, 1.807) is 0 Å². The van der Waals surface area contributed by atoms with Crippen molar-refractivity contribution in [1.82, 2.24) is 20.0 Å². The average molecular weight is 552 g/mol. The highest BCUT2D eigenvalue weighted by Gasteiger charge is 2.17. The third kappa shape index (κ3) is 8.66. The standard InChI is InChI=1S/C20H34BrN5.HI/c1-5-25-10-12-26(13-11-25)15-17(2)14-23-20(22-3)24(4)16-18-6-8-19(21)9-7-18;/h6-9,17H,5,10-16H2,1-4H3,(H,22,23);1H. The predicted molar refractivity (Wildman–Crippen MR) is 130 cm³/mol. The minimum atomic E-state index is 0. The molecule has 1 heterocycles. The van der Waals surface area contributed by atoms with Crippen LogP contribution in [-0.4, -0.2) is 80.6 Å². The molecular weight excluding hydrogens is 517 g/mol. The fourth-order valence-electron chi connectivity index (χ4n) is 3.38. The zero-order valence-corrected chi connectivity index (χ0v) is 21.0. The Balaban J connectivity index is 0.00000364. The third-order valence-corrected chi connectivity index (χ3v) is 5.53. The zero-order valence-electron chi connectivity index (χ0n) is 17.1. The van der Waals surface area contributed by atoms with Gasteiger partial charge in [0.1, 0.15) is 0 Å². The van der Waals surface area contributed by atoms with Crippen LogP contribution in [0.4, 0.5) is 0 Å². The molecule has 1 unspecified atom stereocenters. The van der Waals surface area contributed by atoms with Crippen molar-refractivity contribution in [3.8, 4) is 0 Å². The minimum absolute atomic E-state index is 0. The fourth-order valence-corrected chi connectivity index (χ4v) is 3.65. The van der Waals surface area contributed by atoms with Crippen molar-refractivity contribution in [2.45, 2.75) is 20.4 Å². The summed E-state index contributed by atoms with van der Waals surface area (Å²) in [5, 5.41) is 3.54. The minimum Gasteiger partial charge on any atom is -0.356 e. The monoisotopic (exact) mass is 551 g/mol. The van der Waals surface area contributed by atoms with E-state index >= 15 is 0 Å². The molecule has 7 heteroatoms. The second-order valence-electron chi connectivity index (χ2n) is 7.25. The summed E-state index contributed by atoms with van der Waals surface area (Å²) in [4.78, 5) is 11.7. The summed E-state index contributed by atoms with van der Waals surface area (Å²) in [6, 6.07) is 8.46. The molecule has 0 aromatic heterocycles. The number of benzene rings is 1. The number of hydrogen-bond donors (Lipinski definition) is 1. The predicted octanol–water partition coefficient (Wildman–Crippen LogP) is 3.35. The lowest BCUT2D eigenvalue weighted by Crippen LogP contribution is -2.48. The summed E-state index contributed by atoms with van der Waals surface area (Å²) < 4.78 is 1.11. The highest BCUT2D eigenvalue weighted by atomic mass is 127. The van der Waals surface area contributed by atoms with E-state index in [4.69, 9.17) is 0 Å². The summed E-state index contributed by atoms with van der Waals surface area (Å²) >= 11 is 3.49. The number of aliphatic imine (C=N–C) groups is 1. The first kappa shape index (κ1) is 24.7. The molecule has 1 fully saturated rings. The largest absolute Gasteiger partial charge is 0.356 e. The van der Waals surface area contributed by atoms with Gasteiger partial charge < -0.3 is 20.0 Å². The Morgan fingerprint density at radius 1 is 1.19 bits per heavy atom. The van der Waals surface area contributed by atoms with E-state index in [0.717, 1.165) is 30.1 Å². The molecule has 5 nitrogen and oxygen atoms in total. The van der Waals surface area contributed by atoms with Crippen LogP contribution in [0, 0.1) is 5.92 Å². The molecule has 154 valence electrons. The Bertz CT molecular complexity index is 558. The number of nitrogens with zero attached hydrogens (tertiary/aromatic N) is 4. The lowest BCUT2D eigenvalue weighted by Gasteiger charge is -2.35. The number of likely N-dealkylation sites (N-methyl/N-ethyl adjacent to an activating group) is 1. The van der Waals surface area contributed by atoms with Gasteiger partial charge in [0, 0.05) is 64.4 Å². The molecule has 1 saturated heterocycles. The molecule has 1 aromatic rings. The molecule has 0 saturated carbocycles. The van der Waals surface area contributed by atoms with Crippen molar-refractivity contribution in [3.05, 3.63) is 34.3 Å². The maximum atomic E-state index is 4.44. The lowest BCUT2D eigenvalue weighted by atomic mass is 10.1. The van der Waals surface area contributed by atoms with Gasteiger partial charge in [-0.15, -0.1) is 24.0 Å². The molecule has 27 heavy (non-hydrogen) atoms. The van der Waals surface area contributed by atoms with Crippen LogP contribution in [0.5, 0.6) is 0 Å². The summed E-state index contributed by atoms with van der Waals surface area (Å²) in [6.45, 7) is 13.5. The number of guanidine groups is 1. The van der Waals surface area contributed by atoms with Gasteiger partial charge in [0.25, 0.3) is 0 Å². The van der Waals surface area contributed by atoms with E-state index in [2.05, 4.69) is 86.1 Å². The van der Waals surface area contributed by atoms with Crippen LogP contribution >= 0.6 is 39.9 Å². The molecule has 1 aliphatic rings. The molecule has 0 bridgehead atoms. The number of nitrogens with one attached hydrogen (secondary N) is 1. The summed E-state index contributed by atoms with van der Waals surface area (Å²) in [5.74, 6) is 1.55. The SMILES string of the molecule is CCN1CCN(CC(C)CNC(=NC)N(C)Cc2ccc(Br)cc2)CC1.I. The average Bonchev–Trinajstić information content (AvgIpc) is 2.64. The lowest BCUT2D eigenvalue weighted by molar-refractivity contribution is 0.124. The van der Waals surface area contributed by atoms with Crippen molar-refractivity contribution >= 4 is 45.9 Å². The quantitative estimate of drug-likeness (QED) is 0.320. The Hall–Kier alpha value is -0.380. The number of piperazine rings is 1. The molecule has 1 N–H and O–H groups in total. The van der Waals surface area contributed by atoms with E-state index in [-0.39, 0.29) is 24.0 Å². The van der Waals surface area contributed by atoms with Crippen LogP contribution in [0.2, 0.25) is 0 Å². The van der Waals surface area contributed by atoms with Crippen LogP contribution in [-0.2, 0) is 6.54 Å². The Labute approximate surface area is 190 Å². The summed E-state index contributed by atoms with van der Waals surface area (Å²) in [7, 11) is 3.95. The fraction of sp³-hybridized carbons (Fsp3) is 0.650. The Morgan fingerprint density at radius 2 is 1.78 bits per heavy atom. The molecular formula is C20H35BrIN5. The second-order valence-corrected chi connectivity index (χ2v) is 8.17. The molecule has 0 spiro atoms. The van der Waals surface area contributed by atoms with E-state index in [9.17, 15) is 0 Å². The number of hydrogen-bond acceptors (Lipinski definition) is 3. The molecule has 1 atom stereocenters. The van der Waals surface area contributed by atoms with Gasteiger partial charge in [0.2, 0.25) is 0 Å². The smallest absolute Gasteiger partial charge is 0.193 e. The zero-order chi connectivity index (χ0) is 18.9.